The van der Waals surface area contributed by atoms with Gasteiger partial charge in [-0.3, -0.25) is 14.3 Å². The van der Waals surface area contributed by atoms with E-state index in [4.69, 9.17) is 28.0 Å². The quantitative estimate of drug-likeness (QED) is 0.0220. The molecule has 3 aromatic carbocycles. The van der Waals surface area contributed by atoms with Crippen LogP contribution in [-0.4, -0.2) is 85.1 Å². The third-order valence-corrected chi connectivity index (χ3v) is 16.8. The van der Waals surface area contributed by atoms with Gasteiger partial charge in [0.15, 0.2) is 0 Å². The number of rotatable bonds is 39. The number of hydrogen-bond donors (Lipinski definition) is 3. The first-order chi connectivity index (χ1) is 38.0. The Kier molecular flexibility index (Phi) is 29.0. The van der Waals surface area contributed by atoms with E-state index in [0.29, 0.717) is 31.0 Å². The molecule has 0 spiro atoms. The van der Waals surface area contributed by atoms with Crippen LogP contribution in [0.3, 0.4) is 0 Å². The van der Waals surface area contributed by atoms with Crippen molar-refractivity contribution in [3.63, 3.8) is 0 Å². The maximum absolute atomic E-state index is 13.8. The molecule has 1 aliphatic rings. The normalized spacial score (nSPS) is 16.9. The van der Waals surface area contributed by atoms with E-state index in [-0.39, 0.29) is 37.7 Å². The van der Waals surface area contributed by atoms with E-state index < -0.39 is 49.7 Å². The van der Waals surface area contributed by atoms with Crippen molar-refractivity contribution >= 4 is 14.6 Å². The van der Waals surface area contributed by atoms with E-state index in [2.05, 4.69) is 61.0 Å². The summed E-state index contributed by atoms with van der Waals surface area (Å²) < 4.78 is 43.3. The number of amides is 2. The molecular formula is C62H93N6O9P. The zero-order valence-corrected chi connectivity index (χ0v) is 49.0. The lowest BCUT2D eigenvalue weighted by molar-refractivity contribution is -0.0933. The molecule has 1 aromatic heterocycles. The van der Waals surface area contributed by atoms with Gasteiger partial charge in [-0.1, -0.05) is 164 Å². The zero-order valence-electron chi connectivity index (χ0n) is 48.1. The van der Waals surface area contributed by atoms with Gasteiger partial charge in [0, 0.05) is 43.4 Å². The number of unbranched alkanes of at least 4 members (excludes halogenated alkanes) is 16. The first-order valence-corrected chi connectivity index (χ1v) is 30.3. The highest BCUT2D eigenvalue weighted by molar-refractivity contribution is 7.44. The average molecular weight is 1100 g/mol. The molecular weight excluding hydrogens is 1000 g/mol. The minimum absolute atomic E-state index is 0.00737. The van der Waals surface area contributed by atoms with Crippen LogP contribution in [0.5, 0.6) is 11.5 Å². The van der Waals surface area contributed by atoms with Crippen molar-refractivity contribution in [1.29, 1.82) is 5.26 Å². The average Bonchev–Trinajstić information content (AvgIpc) is 3.87. The number of carbonyl (C=O) groups excluding carboxylic acids is 1. The molecule has 430 valence electrons. The Morgan fingerprint density at radius 2 is 1.22 bits per heavy atom. The summed E-state index contributed by atoms with van der Waals surface area (Å²) in [4.78, 5) is 41.3. The fraction of sp³-hybridized carbons (Fsp3) is 0.613. The number of nitrogens with zero attached hydrogens (tertiary/aromatic N) is 3. The molecule has 3 N–H and O–H groups in total. The van der Waals surface area contributed by atoms with E-state index >= 15 is 0 Å². The maximum atomic E-state index is 13.8. The van der Waals surface area contributed by atoms with Gasteiger partial charge in [-0.05, 0) is 87.9 Å². The lowest BCUT2D eigenvalue weighted by atomic mass is 9.80. The molecule has 0 saturated carbocycles. The fourth-order valence-corrected chi connectivity index (χ4v) is 12.4. The van der Waals surface area contributed by atoms with Crippen LogP contribution in [-0.2, 0) is 24.1 Å². The second-order valence-electron chi connectivity index (χ2n) is 21.2. The summed E-state index contributed by atoms with van der Waals surface area (Å²) in [7, 11) is 1.50. The van der Waals surface area contributed by atoms with Crippen LogP contribution in [0.2, 0.25) is 0 Å². The van der Waals surface area contributed by atoms with Crippen LogP contribution < -0.4 is 31.4 Å². The summed E-state index contributed by atoms with van der Waals surface area (Å²) in [5.41, 5.74) is 0.267. The molecule has 2 amide bonds. The lowest BCUT2D eigenvalue weighted by Gasteiger charge is -2.39. The van der Waals surface area contributed by atoms with E-state index in [1.807, 2.05) is 78.9 Å². The lowest BCUT2D eigenvalue weighted by Crippen LogP contribution is -2.41. The number of urea groups is 1. The van der Waals surface area contributed by atoms with Gasteiger partial charge in [0.2, 0.25) is 0 Å². The van der Waals surface area contributed by atoms with Crippen molar-refractivity contribution in [2.75, 3.05) is 40.5 Å². The molecule has 2 heterocycles. The van der Waals surface area contributed by atoms with Crippen molar-refractivity contribution in [2.45, 2.75) is 199 Å². The first kappa shape index (κ1) is 63.8. The fourth-order valence-electron chi connectivity index (χ4n) is 10.6. The number of H-pyrrole nitrogens is 1. The number of nitriles is 1. The molecule has 78 heavy (non-hydrogen) atoms. The summed E-state index contributed by atoms with van der Waals surface area (Å²) in [6, 6.07) is 29.2. The minimum Gasteiger partial charge on any atom is -0.497 e. The zero-order chi connectivity index (χ0) is 56.0. The smallest absolute Gasteiger partial charge is 0.330 e. The van der Waals surface area contributed by atoms with Crippen molar-refractivity contribution < 1.29 is 32.8 Å². The number of hydrogen-bond acceptors (Lipinski definition) is 11. The third-order valence-electron chi connectivity index (χ3n) is 14.7. The van der Waals surface area contributed by atoms with Crippen molar-refractivity contribution in [3.8, 4) is 17.6 Å². The SMILES string of the molecule is CCCCCCCCCCCCCCCNC(=O)NCCCCCCC[C@@H]1[C@H](OP(OCCC#N)N(C(C)C)C(C)C)[C@@H](COC(c2ccccc2)(c2ccc(OC)cc2)c2ccc(OC)cc2)O[C@H]1n1ccc(=O)[nH]c1=O. The van der Waals surface area contributed by atoms with Gasteiger partial charge in [-0.2, -0.15) is 5.26 Å². The van der Waals surface area contributed by atoms with Gasteiger partial charge in [0.05, 0.1) is 39.9 Å². The summed E-state index contributed by atoms with van der Waals surface area (Å²) in [6.45, 7) is 12.1. The Morgan fingerprint density at radius 3 is 1.71 bits per heavy atom. The number of benzene rings is 3. The number of aromatic amines is 1. The Morgan fingerprint density at radius 1 is 0.718 bits per heavy atom. The Bertz CT molecular complexity index is 2370. The predicted octanol–water partition coefficient (Wildman–Crippen LogP) is 13.5. The van der Waals surface area contributed by atoms with Crippen LogP contribution >= 0.6 is 8.53 Å². The summed E-state index contributed by atoms with van der Waals surface area (Å²) in [5.74, 6) is 0.986. The van der Waals surface area contributed by atoms with Gasteiger partial charge >= 0.3 is 11.7 Å². The highest BCUT2D eigenvalue weighted by Crippen LogP contribution is 2.53. The molecule has 0 bridgehead atoms. The molecule has 1 fully saturated rings. The van der Waals surface area contributed by atoms with Gasteiger partial charge in [0.1, 0.15) is 35.5 Å². The maximum Gasteiger partial charge on any atom is 0.330 e. The van der Waals surface area contributed by atoms with Crippen molar-refractivity contribution in [1.82, 2.24) is 24.9 Å². The molecule has 15 nitrogen and oxygen atoms in total. The number of carbonyl (C=O) groups is 1. The molecule has 1 aliphatic heterocycles. The summed E-state index contributed by atoms with van der Waals surface area (Å²) in [5, 5.41) is 15.7. The molecule has 1 saturated heterocycles. The Labute approximate surface area is 467 Å². The topological polar surface area (TPSA) is 178 Å². The monoisotopic (exact) mass is 1100 g/mol. The van der Waals surface area contributed by atoms with E-state index in [0.717, 1.165) is 61.6 Å². The standard InChI is InChI=1S/C62H93N6O9P/c1-8-9-10-11-12-13-14-15-16-17-18-21-27-43-64-60(70)65-44-28-22-19-20-26-32-55-58(77-78(75-46-29-42-63)68(48(2)3)49(4)5)56(76-59(55)67-45-41-57(69)66-61(67)71)47-74-62(50-30-24-23-25-31-50,51-33-37-53(72-6)38-34-51)52-35-39-54(73-7)40-36-52/h23-25,30-31,33-41,45,48-49,55-56,58-59H,8-22,26-29,32,43-44,46-47H2,1-7H3,(H2,64,65,70)(H,66,69,71)/t55-,56-,58+,59-,78?/m1/s1. The van der Waals surface area contributed by atoms with Gasteiger partial charge in [0.25, 0.3) is 14.1 Å². The minimum atomic E-state index is -1.77. The number of aromatic nitrogens is 2. The molecule has 0 aliphatic carbocycles. The molecule has 0 radical (unpaired) electrons. The predicted molar refractivity (Wildman–Crippen MR) is 312 cm³/mol. The van der Waals surface area contributed by atoms with Crippen LogP contribution in [0.15, 0.2) is 101 Å². The van der Waals surface area contributed by atoms with E-state index in [1.54, 1.807) is 14.2 Å². The largest absolute Gasteiger partial charge is 0.497 e. The Hall–Kier alpha value is -5.07. The van der Waals surface area contributed by atoms with Crippen LogP contribution in [0.1, 0.15) is 186 Å². The van der Waals surface area contributed by atoms with E-state index in [9.17, 15) is 19.6 Å². The first-order valence-electron chi connectivity index (χ1n) is 29.2. The number of methoxy groups -OCH3 is 2. The van der Waals surface area contributed by atoms with Crippen LogP contribution in [0, 0.1) is 17.2 Å². The molecule has 5 rings (SSSR count). The second-order valence-corrected chi connectivity index (χ2v) is 22.6. The highest BCUT2D eigenvalue weighted by atomic mass is 31.2. The highest BCUT2D eigenvalue weighted by Gasteiger charge is 2.50. The van der Waals surface area contributed by atoms with Crippen molar-refractivity contribution in [3.05, 3.63) is 129 Å². The van der Waals surface area contributed by atoms with Crippen LogP contribution in [0.4, 0.5) is 4.79 Å². The van der Waals surface area contributed by atoms with E-state index in [1.165, 1.54) is 87.5 Å². The number of nitrogens with one attached hydrogen (secondary N) is 3. The molecule has 1 unspecified atom stereocenters. The van der Waals surface area contributed by atoms with Crippen LogP contribution in [0.25, 0.3) is 0 Å². The summed E-state index contributed by atoms with van der Waals surface area (Å²) in [6.07, 6.45) is 21.3. The van der Waals surface area contributed by atoms with Crippen molar-refractivity contribution in [2.24, 2.45) is 5.92 Å². The second kappa shape index (κ2) is 35.5. The van der Waals surface area contributed by atoms with Gasteiger partial charge < -0.3 is 38.6 Å². The molecule has 4 aromatic rings. The third kappa shape index (κ3) is 19.9. The Balaban J connectivity index is 1.31. The van der Waals surface area contributed by atoms with Gasteiger partial charge in [-0.25, -0.2) is 14.3 Å². The molecule has 16 heteroatoms. The number of ether oxygens (including phenoxy) is 4. The summed E-state index contributed by atoms with van der Waals surface area (Å²) >= 11 is 0. The van der Waals surface area contributed by atoms with Gasteiger partial charge in [-0.15, -0.1) is 0 Å². The molecule has 5 atom stereocenters.